The van der Waals surface area contributed by atoms with Crippen LogP contribution in [-0.4, -0.2) is 17.2 Å². The van der Waals surface area contributed by atoms with Gasteiger partial charge in [-0.3, -0.25) is 0 Å². The van der Waals surface area contributed by atoms with Crippen molar-refractivity contribution in [3.8, 4) is 0 Å². The molecule has 0 aliphatic heterocycles. The van der Waals surface area contributed by atoms with Gasteiger partial charge in [-0.2, -0.15) is 13.2 Å². The first-order valence-corrected chi connectivity index (χ1v) is 6.98. The van der Waals surface area contributed by atoms with Crippen molar-refractivity contribution in [1.82, 2.24) is 10.2 Å². The number of benzene rings is 1. The number of rotatable bonds is 3. The van der Waals surface area contributed by atoms with Crippen molar-refractivity contribution < 1.29 is 17.6 Å². The average Bonchev–Trinajstić information content (AvgIpc) is 2.96. The number of fused-ring (bicyclic) bond motifs is 1. The van der Waals surface area contributed by atoms with Gasteiger partial charge in [0, 0.05) is 12.4 Å². The third-order valence-corrected chi connectivity index (χ3v) is 3.74. The molecule has 0 fully saturated rings. The van der Waals surface area contributed by atoms with Gasteiger partial charge in [0.2, 0.25) is 0 Å². The summed E-state index contributed by atoms with van der Waals surface area (Å²) in [4.78, 5) is 1.71. The lowest BCUT2D eigenvalue weighted by Gasteiger charge is -2.23. The second kappa shape index (κ2) is 5.57. The Balaban J connectivity index is 1.85. The largest absolute Gasteiger partial charge is 0.459 e. The van der Waals surface area contributed by atoms with Crippen molar-refractivity contribution in [2.75, 3.05) is 11.9 Å². The first-order valence-electron chi connectivity index (χ1n) is 6.98. The van der Waals surface area contributed by atoms with Crippen LogP contribution >= 0.6 is 0 Å². The summed E-state index contributed by atoms with van der Waals surface area (Å²) in [5.74, 6) is 1.04. The smallest absolute Gasteiger partial charge is 0.435 e. The van der Waals surface area contributed by atoms with Crippen LogP contribution in [0.25, 0.3) is 11.0 Å². The molecule has 0 N–H and O–H groups in total. The van der Waals surface area contributed by atoms with Crippen molar-refractivity contribution >= 4 is 16.8 Å². The molecule has 0 saturated carbocycles. The number of para-hydroxylation sites is 1. The third-order valence-electron chi connectivity index (χ3n) is 3.74. The maximum Gasteiger partial charge on any atom is 0.435 e. The van der Waals surface area contributed by atoms with Gasteiger partial charge in [-0.05, 0) is 31.2 Å². The van der Waals surface area contributed by atoms with Gasteiger partial charge < -0.3 is 9.32 Å². The summed E-state index contributed by atoms with van der Waals surface area (Å²) in [6.45, 7) is 1.89. The SMILES string of the molecule is CC(c1cc2ccccc2o1)N(C)c1ccc(C(F)(F)F)nn1. The van der Waals surface area contributed by atoms with E-state index in [0.29, 0.717) is 11.6 Å². The monoisotopic (exact) mass is 321 g/mol. The highest BCUT2D eigenvalue weighted by Gasteiger charge is 2.33. The summed E-state index contributed by atoms with van der Waals surface area (Å²) in [7, 11) is 1.73. The molecule has 0 spiro atoms. The number of aromatic nitrogens is 2. The van der Waals surface area contributed by atoms with Crippen LogP contribution in [0.5, 0.6) is 0 Å². The van der Waals surface area contributed by atoms with Gasteiger partial charge in [0.25, 0.3) is 0 Å². The maximum absolute atomic E-state index is 12.5. The molecule has 0 saturated heterocycles. The van der Waals surface area contributed by atoms with E-state index in [-0.39, 0.29) is 6.04 Å². The molecule has 23 heavy (non-hydrogen) atoms. The van der Waals surface area contributed by atoms with Crippen LogP contribution in [0.4, 0.5) is 19.0 Å². The van der Waals surface area contributed by atoms with Gasteiger partial charge in [-0.15, -0.1) is 10.2 Å². The molecule has 2 heterocycles. The number of anilines is 1. The highest BCUT2D eigenvalue weighted by atomic mass is 19.4. The Bertz CT molecular complexity index is 778. The molecule has 1 unspecified atom stereocenters. The highest BCUT2D eigenvalue weighted by molar-refractivity contribution is 5.77. The van der Waals surface area contributed by atoms with E-state index in [9.17, 15) is 13.2 Å². The van der Waals surface area contributed by atoms with Gasteiger partial charge in [-0.1, -0.05) is 18.2 Å². The molecule has 3 aromatic rings. The molecule has 0 aliphatic rings. The predicted molar refractivity (Wildman–Crippen MR) is 80.1 cm³/mol. The van der Waals surface area contributed by atoms with E-state index in [1.54, 1.807) is 11.9 Å². The number of nitrogens with zero attached hydrogens (tertiary/aromatic N) is 3. The van der Waals surface area contributed by atoms with Crippen molar-refractivity contribution in [2.24, 2.45) is 0 Å². The van der Waals surface area contributed by atoms with Gasteiger partial charge in [-0.25, -0.2) is 0 Å². The second-order valence-electron chi connectivity index (χ2n) is 5.25. The summed E-state index contributed by atoms with van der Waals surface area (Å²) in [5.41, 5.74) is -0.243. The summed E-state index contributed by atoms with van der Waals surface area (Å²) >= 11 is 0. The minimum atomic E-state index is -4.49. The van der Waals surface area contributed by atoms with Crippen LogP contribution in [0.15, 0.2) is 46.9 Å². The lowest BCUT2D eigenvalue weighted by molar-refractivity contribution is -0.141. The molecule has 0 aliphatic carbocycles. The van der Waals surface area contributed by atoms with Gasteiger partial charge in [0.1, 0.15) is 11.3 Å². The molecule has 4 nitrogen and oxygen atoms in total. The summed E-state index contributed by atoms with van der Waals surface area (Å²) < 4.78 is 43.4. The second-order valence-corrected chi connectivity index (χ2v) is 5.25. The quantitative estimate of drug-likeness (QED) is 0.715. The zero-order chi connectivity index (χ0) is 16.6. The van der Waals surface area contributed by atoms with Crippen molar-refractivity contribution in [2.45, 2.75) is 19.1 Å². The Morgan fingerprint density at radius 3 is 2.43 bits per heavy atom. The van der Waals surface area contributed by atoms with Crippen LogP contribution in [0.1, 0.15) is 24.4 Å². The van der Waals surface area contributed by atoms with E-state index in [1.807, 2.05) is 37.3 Å². The standard InChI is InChI=1S/C16H14F3N3O/c1-10(13-9-11-5-3-4-6-12(11)23-13)22(2)15-8-7-14(20-21-15)16(17,18)19/h3-10H,1-2H3. The number of furan rings is 1. The lowest BCUT2D eigenvalue weighted by Crippen LogP contribution is -2.23. The fourth-order valence-corrected chi connectivity index (χ4v) is 2.26. The van der Waals surface area contributed by atoms with E-state index in [0.717, 1.165) is 17.0 Å². The minimum absolute atomic E-state index is 0.201. The van der Waals surface area contributed by atoms with E-state index in [1.165, 1.54) is 6.07 Å². The molecule has 1 aromatic carbocycles. The van der Waals surface area contributed by atoms with Crippen LogP contribution in [-0.2, 0) is 6.18 Å². The zero-order valence-corrected chi connectivity index (χ0v) is 12.5. The van der Waals surface area contributed by atoms with Gasteiger partial charge >= 0.3 is 6.18 Å². The molecule has 3 rings (SSSR count). The number of alkyl halides is 3. The Labute approximate surface area is 130 Å². The van der Waals surface area contributed by atoms with E-state index in [4.69, 9.17) is 4.42 Å². The fourth-order valence-electron chi connectivity index (χ4n) is 2.26. The minimum Gasteiger partial charge on any atom is -0.459 e. The van der Waals surface area contributed by atoms with Crippen LogP contribution in [0.3, 0.4) is 0 Å². The summed E-state index contributed by atoms with van der Waals surface area (Å²) in [6, 6.07) is 11.5. The topological polar surface area (TPSA) is 42.2 Å². The Morgan fingerprint density at radius 2 is 1.83 bits per heavy atom. The normalized spacial score (nSPS) is 13.3. The summed E-state index contributed by atoms with van der Waals surface area (Å²) in [6.07, 6.45) is -4.49. The van der Waals surface area contributed by atoms with Gasteiger partial charge in [0.15, 0.2) is 11.5 Å². The van der Waals surface area contributed by atoms with Crippen molar-refractivity contribution in [3.63, 3.8) is 0 Å². The molecular formula is C16H14F3N3O. The first-order chi connectivity index (χ1) is 10.9. The highest BCUT2D eigenvalue weighted by Crippen LogP contribution is 2.30. The lowest BCUT2D eigenvalue weighted by atomic mass is 10.2. The number of hydrogen-bond acceptors (Lipinski definition) is 4. The maximum atomic E-state index is 12.5. The average molecular weight is 321 g/mol. The molecule has 7 heteroatoms. The van der Waals surface area contributed by atoms with Crippen molar-refractivity contribution in [3.05, 3.63) is 53.9 Å². The van der Waals surface area contributed by atoms with Gasteiger partial charge in [0.05, 0.1) is 6.04 Å². The van der Waals surface area contributed by atoms with Crippen LogP contribution in [0, 0.1) is 0 Å². The molecule has 2 aromatic heterocycles. The first kappa shape index (κ1) is 15.3. The molecule has 0 amide bonds. The molecule has 0 radical (unpaired) electrons. The molecule has 1 atom stereocenters. The van der Waals surface area contributed by atoms with E-state index >= 15 is 0 Å². The van der Waals surface area contributed by atoms with E-state index < -0.39 is 11.9 Å². The predicted octanol–water partition coefficient (Wildman–Crippen LogP) is 4.44. The van der Waals surface area contributed by atoms with Crippen LogP contribution in [0.2, 0.25) is 0 Å². The zero-order valence-electron chi connectivity index (χ0n) is 12.5. The fraction of sp³-hybridized carbons (Fsp3) is 0.250. The number of halogens is 3. The molecular weight excluding hydrogens is 307 g/mol. The Morgan fingerprint density at radius 1 is 1.09 bits per heavy atom. The summed E-state index contributed by atoms with van der Waals surface area (Å²) in [5, 5.41) is 7.88. The Hall–Kier alpha value is -2.57. The molecule has 0 bridgehead atoms. The van der Waals surface area contributed by atoms with Crippen molar-refractivity contribution in [1.29, 1.82) is 0 Å². The van der Waals surface area contributed by atoms with Crippen LogP contribution < -0.4 is 4.90 Å². The van der Waals surface area contributed by atoms with E-state index in [2.05, 4.69) is 10.2 Å². The third kappa shape index (κ3) is 2.99. The number of hydrogen-bond donors (Lipinski definition) is 0. The molecule has 120 valence electrons. The Kier molecular flexibility index (Phi) is 3.71.